The summed E-state index contributed by atoms with van der Waals surface area (Å²) in [4.78, 5) is 18.3. The Morgan fingerprint density at radius 2 is 2.04 bits per heavy atom. The minimum atomic E-state index is -1.05. The van der Waals surface area contributed by atoms with Gasteiger partial charge in [-0.15, -0.1) is 5.10 Å². The van der Waals surface area contributed by atoms with Crippen molar-refractivity contribution in [2.45, 2.75) is 19.7 Å². The van der Waals surface area contributed by atoms with E-state index >= 15 is 0 Å². The van der Waals surface area contributed by atoms with Crippen molar-refractivity contribution in [1.82, 2.24) is 24.9 Å². The lowest BCUT2D eigenvalue weighted by Gasteiger charge is -2.27. The molecule has 0 bridgehead atoms. The Hall–Kier alpha value is -3.36. The van der Waals surface area contributed by atoms with Gasteiger partial charge in [0.2, 0.25) is 5.88 Å². The van der Waals surface area contributed by atoms with Crippen LogP contribution in [0.15, 0.2) is 42.6 Å². The van der Waals surface area contributed by atoms with Crippen LogP contribution in [-0.2, 0) is 19.7 Å². The van der Waals surface area contributed by atoms with E-state index in [0.717, 1.165) is 17.8 Å². The standard InChI is InChI=1S/C18H15F2N5O2/c19-13-5-4-12(9-14(13)20)18(26)24-7-8-25-16(10-24)15(22-23-25)11-27-17-3-1-2-6-21-17/h1-6,9H,7-8,10-11H2. The molecule has 7 nitrogen and oxygen atoms in total. The Morgan fingerprint density at radius 3 is 2.81 bits per heavy atom. The Labute approximate surface area is 153 Å². The lowest BCUT2D eigenvalue weighted by atomic mass is 10.1. The summed E-state index contributed by atoms with van der Waals surface area (Å²) >= 11 is 0. The van der Waals surface area contributed by atoms with Crippen molar-refractivity contribution in [3.63, 3.8) is 0 Å². The highest BCUT2D eigenvalue weighted by Crippen LogP contribution is 2.19. The van der Waals surface area contributed by atoms with Gasteiger partial charge >= 0.3 is 0 Å². The van der Waals surface area contributed by atoms with Gasteiger partial charge in [-0.25, -0.2) is 18.4 Å². The van der Waals surface area contributed by atoms with Gasteiger partial charge in [0.05, 0.1) is 18.8 Å². The average molecular weight is 371 g/mol. The van der Waals surface area contributed by atoms with Gasteiger partial charge in [0, 0.05) is 24.4 Å². The van der Waals surface area contributed by atoms with Crippen molar-refractivity contribution in [3.8, 4) is 5.88 Å². The summed E-state index contributed by atoms with van der Waals surface area (Å²) in [5.41, 5.74) is 1.44. The van der Waals surface area contributed by atoms with E-state index in [2.05, 4.69) is 15.3 Å². The first kappa shape index (κ1) is 17.1. The predicted octanol–water partition coefficient (Wildman–Crippen LogP) is 2.19. The Balaban J connectivity index is 1.49. The van der Waals surface area contributed by atoms with Crippen molar-refractivity contribution < 1.29 is 18.3 Å². The fourth-order valence-corrected chi connectivity index (χ4v) is 2.87. The SMILES string of the molecule is O=C(c1ccc(F)c(F)c1)N1CCn2nnc(COc3ccccn3)c2C1. The molecule has 2 aromatic heterocycles. The first-order chi connectivity index (χ1) is 13.1. The second-order valence-corrected chi connectivity index (χ2v) is 6.02. The topological polar surface area (TPSA) is 73.1 Å². The molecule has 0 spiro atoms. The van der Waals surface area contributed by atoms with Crippen LogP contribution in [0.2, 0.25) is 0 Å². The van der Waals surface area contributed by atoms with E-state index in [1.54, 1.807) is 27.9 Å². The molecule has 0 atom stereocenters. The zero-order valence-corrected chi connectivity index (χ0v) is 14.2. The quantitative estimate of drug-likeness (QED) is 0.703. The van der Waals surface area contributed by atoms with Gasteiger partial charge in [-0.1, -0.05) is 11.3 Å². The number of pyridine rings is 1. The van der Waals surface area contributed by atoms with Crippen LogP contribution in [0.5, 0.6) is 5.88 Å². The van der Waals surface area contributed by atoms with E-state index in [1.807, 2.05) is 6.07 Å². The van der Waals surface area contributed by atoms with Crippen LogP contribution in [0, 0.1) is 11.6 Å². The van der Waals surface area contributed by atoms with Crippen LogP contribution < -0.4 is 4.74 Å². The number of aromatic nitrogens is 4. The summed E-state index contributed by atoms with van der Waals surface area (Å²) in [6.07, 6.45) is 1.62. The molecule has 9 heteroatoms. The monoisotopic (exact) mass is 371 g/mol. The smallest absolute Gasteiger partial charge is 0.254 e. The number of rotatable bonds is 4. The molecule has 0 unspecified atom stereocenters. The number of hydrogen-bond acceptors (Lipinski definition) is 5. The van der Waals surface area contributed by atoms with Crippen LogP contribution in [0.4, 0.5) is 8.78 Å². The number of carbonyl (C=O) groups is 1. The third kappa shape index (κ3) is 3.48. The summed E-state index contributed by atoms with van der Waals surface area (Å²) in [5.74, 6) is -1.95. The van der Waals surface area contributed by atoms with Gasteiger partial charge in [-0.2, -0.15) is 0 Å². The number of benzene rings is 1. The van der Waals surface area contributed by atoms with Crippen molar-refractivity contribution >= 4 is 5.91 Å². The number of nitrogens with zero attached hydrogens (tertiary/aromatic N) is 5. The van der Waals surface area contributed by atoms with E-state index in [4.69, 9.17) is 4.74 Å². The van der Waals surface area contributed by atoms with Crippen LogP contribution in [0.3, 0.4) is 0 Å². The number of hydrogen-bond donors (Lipinski definition) is 0. The molecule has 0 saturated carbocycles. The maximum atomic E-state index is 13.4. The third-order valence-electron chi connectivity index (χ3n) is 4.29. The Kier molecular flexibility index (Phi) is 4.49. The highest BCUT2D eigenvalue weighted by Gasteiger charge is 2.26. The summed E-state index contributed by atoms with van der Waals surface area (Å²) in [5, 5.41) is 8.20. The van der Waals surface area contributed by atoms with Gasteiger partial charge in [0.1, 0.15) is 12.3 Å². The zero-order chi connectivity index (χ0) is 18.8. The van der Waals surface area contributed by atoms with E-state index in [9.17, 15) is 13.6 Å². The predicted molar refractivity (Wildman–Crippen MR) is 89.7 cm³/mol. The highest BCUT2D eigenvalue weighted by atomic mass is 19.2. The third-order valence-corrected chi connectivity index (χ3v) is 4.29. The number of ether oxygens (including phenoxy) is 1. The minimum absolute atomic E-state index is 0.0983. The summed E-state index contributed by atoms with van der Waals surface area (Å²) in [6.45, 7) is 1.28. The highest BCUT2D eigenvalue weighted by molar-refractivity contribution is 5.94. The molecule has 3 aromatic rings. The maximum absolute atomic E-state index is 13.4. The maximum Gasteiger partial charge on any atom is 0.254 e. The Morgan fingerprint density at radius 1 is 1.15 bits per heavy atom. The minimum Gasteiger partial charge on any atom is -0.471 e. The lowest BCUT2D eigenvalue weighted by molar-refractivity contribution is 0.0703. The van der Waals surface area contributed by atoms with Gasteiger partial charge < -0.3 is 9.64 Å². The molecule has 1 amide bonds. The van der Waals surface area contributed by atoms with Crippen molar-refractivity contribution in [3.05, 3.63) is 71.2 Å². The fourth-order valence-electron chi connectivity index (χ4n) is 2.87. The molecule has 1 aromatic carbocycles. The molecule has 0 aliphatic carbocycles. The molecule has 27 heavy (non-hydrogen) atoms. The van der Waals surface area contributed by atoms with E-state index in [1.165, 1.54) is 6.07 Å². The molecule has 0 N–H and O–H groups in total. The molecule has 0 saturated heterocycles. The second kappa shape index (κ2) is 7.10. The molecule has 3 heterocycles. The summed E-state index contributed by atoms with van der Waals surface area (Å²) < 4.78 is 33.8. The summed E-state index contributed by atoms with van der Waals surface area (Å²) in [6, 6.07) is 8.46. The Bertz CT molecular complexity index is 977. The molecule has 0 fully saturated rings. The zero-order valence-electron chi connectivity index (χ0n) is 14.2. The molecule has 1 aliphatic rings. The van der Waals surface area contributed by atoms with Crippen molar-refractivity contribution in [1.29, 1.82) is 0 Å². The first-order valence-electron chi connectivity index (χ1n) is 8.31. The van der Waals surface area contributed by atoms with Gasteiger partial charge in [0.15, 0.2) is 11.6 Å². The number of amides is 1. The number of fused-ring (bicyclic) bond motifs is 1. The largest absolute Gasteiger partial charge is 0.471 e. The number of halogens is 2. The second-order valence-electron chi connectivity index (χ2n) is 6.02. The van der Waals surface area contributed by atoms with Gasteiger partial charge in [-0.3, -0.25) is 4.79 Å². The molecule has 1 aliphatic heterocycles. The number of carbonyl (C=O) groups excluding carboxylic acids is 1. The van der Waals surface area contributed by atoms with E-state index < -0.39 is 11.6 Å². The van der Waals surface area contributed by atoms with E-state index in [-0.39, 0.29) is 24.6 Å². The van der Waals surface area contributed by atoms with E-state index in [0.29, 0.717) is 24.7 Å². The molecule has 4 rings (SSSR count). The van der Waals surface area contributed by atoms with Gasteiger partial charge in [0.25, 0.3) is 5.91 Å². The normalized spacial score (nSPS) is 13.3. The van der Waals surface area contributed by atoms with Gasteiger partial charge in [-0.05, 0) is 24.3 Å². The average Bonchev–Trinajstić information content (AvgIpc) is 3.11. The van der Waals surface area contributed by atoms with Crippen molar-refractivity contribution in [2.75, 3.05) is 6.54 Å². The molecular weight excluding hydrogens is 356 g/mol. The van der Waals surface area contributed by atoms with Crippen LogP contribution >= 0.6 is 0 Å². The molecule has 0 radical (unpaired) electrons. The van der Waals surface area contributed by atoms with Crippen LogP contribution in [0.25, 0.3) is 0 Å². The molecule has 138 valence electrons. The van der Waals surface area contributed by atoms with Crippen LogP contribution in [0.1, 0.15) is 21.7 Å². The summed E-state index contributed by atoms with van der Waals surface area (Å²) in [7, 11) is 0. The molecular formula is C18H15F2N5O2. The first-order valence-corrected chi connectivity index (χ1v) is 8.31. The van der Waals surface area contributed by atoms with Crippen LogP contribution in [-0.4, -0.2) is 37.3 Å². The fraction of sp³-hybridized carbons (Fsp3) is 0.222. The lowest BCUT2D eigenvalue weighted by Crippen LogP contribution is -2.38. The van der Waals surface area contributed by atoms with Crippen molar-refractivity contribution in [2.24, 2.45) is 0 Å².